The number of hydrogen-bond acceptors (Lipinski definition) is 3. The molecule has 2 fully saturated rings. The minimum Gasteiger partial charge on any atom is -0.311 e. The third-order valence-corrected chi connectivity index (χ3v) is 5.17. The molecule has 118 valence electrons. The van der Waals surface area contributed by atoms with Crippen LogP contribution in [0.3, 0.4) is 0 Å². The lowest BCUT2D eigenvalue weighted by atomic mass is 9.98. The van der Waals surface area contributed by atoms with E-state index in [-0.39, 0.29) is 12.4 Å². The van der Waals surface area contributed by atoms with Gasteiger partial charge in [-0.15, -0.1) is 12.4 Å². The quantitative estimate of drug-likeness (QED) is 0.940. The number of nitrogens with zero attached hydrogens (tertiary/aromatic N) is 2. The standard InChI is InChI=1S/C18H23N3.ClH/c1-21(17-10-15-5-6-16(11-17)20-15)12-13-4-7-18-14(9-13)3-2-8-19-18;/h2-4,7-9,15-17,20H,5-6,10-12H2,1H3;1H. The Kier molecular flexibility index (Phi) is 4.67. The molecule has 1 N–H and O–H groups in total. The predicted octanol–water partition coefficient (Wildman–Crippen LogP) is 3.37. The lowest BCUT2D eigenvalue weighted by Crippen LogP contribution is -2.46. The molecule has 1 aromatic carbocycles. The van der Waals surface area contributed by atoms with Gasteiger partial charge in [0, 0.05) is 36.3 Å². The Bertz CT molecular complexity index is 633. The van der Waals surface area contributed by atoms with E-state index in [0.29, 0.717) is 0 Å². The minimum absolute atomic E-state index is 0. The molecule has 22 heavy (non-hydrogen) atoms. The van der Waals surface area contributed by atoms with E-state index in [9.17, 15) is 0 Å². The molecule has 2 saturated heterocycles. The average Bonchev–Trinajstić information content (AvgIpc) is 2.85. The maximum absolute atomic E-state index is 4.40. The van der Waals surface area contributed by atoms with Gasteiger partial charge in [0.05, 0.1) is 5.52 Å². The first-order chi connectivity index (χ1) is 10.3. The van der Waals surface area contributed by atoms with Crippen LogP contribution in [0.15, 0.2) is 36.5 Å². The largest absolute Gasteiger partial charge is 0.311 e. The molecule has 1 aromatic heterocycles. The molecule has 2 aliphatic rings. The summed E-state index contributed by atoms with van der Waals surface area (Å²) in [5.41, 5.74) is 2.48. The predicted molar refractivity (Wildman–Crippen MR) is 93.4 cm³/mol. The topological polar surface area (TPSA) is 28.2 Å². The van der Waals surface area contributed by atoms with E-state index in [1.165, 1.54) is 36.6 Å². The van der Waals surface area contributed by atoms with Crippen molar-refractivity contribution in [2.45, 2.75) is 50.4 Å². The van der Waals surface area contributed by atoms with E-state index in [0.717, 1.165) is 30.2 Å². The van der Waals surface area contributed by atoms with E-state index in [4.69, 9.17) is 0 Å². The first-order valence-corrected chi connectivity index (χ1v) is 8.08. The van der Waals surface area contributed by atoms with Gasteiger partial charge in [0.25, 0.3) is 0 Å². The van der Waals surface area contributed by atoms with Gasteiger partial charge in [-0.1, -0.05) is 12.1 Å². The van der Waals surface area contributed by atoms with Crippen molar-refractivity contribution in [3.05, 3.63) is 42.1 Å². The van der Waals surface area contributed by atoms with Crippen LogP contribution >= 0.6 is 12.4 Å². The van der Waals surface area contributed by atoms with Crippen LogP contribution in [0, 0.1) is 0 Å². The molecule has 2 aromatic rings. The maximum atomic E-state index is 4.40. The van der Waals surface area contributed by atoms with Crippen molar-refractivity contribution < 1.29 is 0 Å². The summed E-state index contributed by atoms with van der Waals surface area (Å²) < 4.78 is 0. The molecule has 3 nitrogen and oxygen atoms in total. The molecule has 0 saturated carbocycles. The second-order valence-electron chi connectivity index (χ2n) is 6.71. The fourth-order valence-corrected chi connectivity index (χ4v) is 4.03. The van der Waals surface area contributed by atoms with Gasteiger partial charge in [-0.25, -0.2) is 0 Å². The summed E-state index contributed by atoms with van der Waals surface area (Å²) in [4.78, 5) is 6.94. The number of rotatable bonds is 3. The van der Waals surface area contributed by atoms with E-state index < -0.39 is 0 Å². The Morgan fingerprint density at radius 1 is 1.18 bits per heavy atom. The zero-order chi connectivity index (χ0) is 14.2. The first kappa shape index (κ1) is 15.7. The molecule has 4 heteroatoms. The average molecular weight is 318 g/mol. The van der Waals surface area contributed by atoms with Crippen molar-refractivity contribution in [1.29, 1.82) is 0 Å². The van der Waals surface area contributed by atoms with Gasteiger partial charge in [0.2, 0.25) is 0 Å². The van der Waals surface area contributed by atoms with Crippen molar-refractivity contribution in [2.75, 3.05) is 7.05 Å². The highest BCUT2D eigenvalue weighted by molar-refractivity contribution is 5.85. The zero-order valence-electron chi connectivity index (χ0n) is 13.0. The van der Waals surface area contributed by atoms with Crippen molar-refractivity contribution in [3.8, 4) is 0 Å². The van der Waals surface area contributed by atoms with E-state index >= 15 is 0 Å². The Labute approximate surface area is 138 Å². The molecule has 2 aliphatic heterocycles. The smallest absolute Gasteiger partial charge is 0.0702 e. The van der Waals surface area contributed by atoms with Crippen molar-refractivity contribution in [3.63, 3.8) is 0 Å². The van der Waals surface area contributed by atoms with Crippen LogP contribution in [0.4, 0.5) is 0 Å². The number of benzene rings is 1. The fourth-order valence-electron chi connectivity index (χ4n) is 4.03. The molecule has 4 rings (SSSR count). The summed E-state index contributed by atoms with van der Waals surface area (Å²) in [6, 6.07) is 13.1. The normalized spacial score (nSPS) is 27.1. The number of aromatic nitrogens is 1. The molecular formula is C18H24ClN3. The summed E-state index contributed by atoms with van der Waals surface area (Å²) in [7, 11) is 2.28. The molecule has 0 radical (unpaired) electrons. The van der Waals surface area contributed by atoms with E-state index in [2.05, 4.69) is 46.5 Å². The lowest BCUT2D eigenvalue weighted by molar-refractivity contribution is 0.166. The van der Waals surface area contributed by atoms with Crippen molar-refractivity contribution >= 4 is 23.3 Å². The van der Waals surface area contributed by atoms with Crippen LogP contribution in [-0.4, -0.2) is 35.1 Å². The molecule has 0 aliphatic carbocycles. The molecule has 2 bridgehead atoms. The highest BCUT2D eigenvalue weighted by Crippen LogP contribution is 2.30. The first-order valence-electron chi connectivity index (χ1n) is 8.08. The van der Waals surface area contributed by atoms with Gasteiger partial charge in [-0.3, -0.25) is 9.88 Å². The van der Waals surface area contributed by atoms with Gasteiger partial charge in [-0.2, -0.15) is 0 Å². The SMILES string of the molecule is CN(Cc1ccc2ncccc2c1)C1CC2CCC(C1)N2.Cl. The van der Waals surface area contributed by atoms with Crippen LogP contribution < -0.4 is 5.32 Å². The Morgan fingerprint density at radius 3 is 2.73 bits per heavy atom. The van der Waals surface area contributed by atoms with Gasteiger partial charge in [0.15, 0.2) is 0 Å². The second-order valence-corrected chi connectivity index (χ2v) is 6.71. The second kappa shape index (κ2) is 6.53. The van der Waals surface area contributed by atoms with Crippen LogP contribution in [0.1, 0.15) is 31.2 Å². The number of halogens is 1. The van der Waals surface area contributed by atoms with E-state index in [1.54, 1.807) is 0 Å². The fraction of sp³-hybridized carbons (Fsp3) is 0.500. The summed E-state index contributed by atoms with van der Waals surface area (Å²) in [6.45, 7) is 1.04. The molecular weight excluding hydrogens is 294 g/mol. The van der Waals surface area contributed by atoms with Crippen molar-refractivity contribution in [2.24, 2.45) is 0 Å². The maximum Gasteiger partial charge on any atom is 0.0702 e. The molecule has 2 atom stereocenters. The van der Waals surface area contributed by atoms with Crippen molar-refractivity contribution in [1.82, 2.24) is 15.2 Å². The van der Waals surface area contributed by atoms with E-state index in [1.807, 2.05) is 12.3 Å². The third kappa shape index (κ3) is 3.12. The van der Waals surface area contributed by atoms with Crippen LogP contribution in [-0.2, 0) is 6.54 Å². The van der Waals surface area contributed by atoms with Gasteiger partial charge < -0.3 is 5.32 Å². The molecule has 0 spiro atoms. The number of hydrogen-bond donors (Lipinski definition) is 1. The monoisotopic (exact) mass is 317 g/mol. The molecule has 0 amide bonds. The van der Waals surface area contributed by atoms with Crippen LogP contribution in [0.5, 0.6) is 0 Å². The Balaban J connectivity index is 0.00000144. The minimum atomic E-state index is 0. The summed E-state index contributed by atoms with van der Waals surface area (Å²) in [5, 5.41) is 4.97. The Hall–Kier alpha value is -1.16. The van der Waals surface area contributed by atoms with Crippen LogP contribution in [0.25, 0.3) is 10.9 Å². The number of nitrogens with one attached hydrogen (secondary N) is 1. The summed E-state index contributed by atoms with van der Waals surface area (Å²) in [5.74, 6) is 0. The van der Waals surface area contributed by atoms with Gasteiger partial charge in [-0.05, 0) is 56.5 Å². The third-order valence-electron chi connectivity index (χ3n) is 5.17. The number of fused-ring (bicyclic) bond motifs is 3. The van der Waals surface area contributed by atoms with Gasteiger partial charge >= 0.3 is 0 Å². The summed E-state index contributed by atoms with van der Waals surface area (Å²) >= 11 is 0. The highest BCUT2D eigenvalue weighted by Gasteiger charge is 2.34. The molecule has 3 heterocycles. The highest BCUT2D eigenvalue weighted by atomic mass is 35.5. The lowest BCUT2D eigenvalue weighted by Gasteiger charge is -2.35. The number of pyridine rings is 1. The summed E-state index contributed by atoms with van der Waals surface area (Å²) in [6.07, 6.45) is 7.22. The van der Waals surface area contributed by atoms with Gasteiger partial charge in [0.1, 0.15) is 0 Å². The number of piperidine rings is 1. The Morgan fingerprint density at radius 2 is 1.95 bits per heavy atom. The zero-order valence-corrected chi connectivity index (χ0v) is 13.9. The van der Waals surface area contributed by atoms with Crippen LogP contribution in [0.2, 0.25) is 0 Å². The molecule has 2 unspecified atom stereocenters.